The maximum Gasteiger partial charge on any atom is 0.345 e. The van der Waals surface area contributed by atoms with Gasteiger partial charge in [0.2, 0.25) is 0 Å². The Morgan fingerprint density at radius 2 is 1.61 bits per heavy atom. The van der Waals surface area contributed by atoms with Gasteiger partial charge in [0.05, 0.1) is 39.5 Å². The number of nitrogens with zero attached hydrogens (tertiary/aromatic N) is 1. The molecule has 5 rings (SSSR count). The molecule has 0 saturated carbocycles. The van der Waals surface area contributed by atoms with Gasteiger partial charge in [0.15, 0.2) is 0 Å². The molecule has 206 valence electrons. The van der Waals surface area contributed by atoms with Crippen LogP contribution in [0.25, 0.3) is 16.6 Å². The van der Waals surface area contributed by atoms with Gasteiger partial charge in [-0.05, 0) is 74.5 Å². The van der Waals surface area contributed by atoms with Gasteiger partial charge in [-0.15, -0.1) is 0 Å². The zero-order chi connectivity index (χ0) is 29.1. The third-order valence-corrected chi connectivity index (χ3v) is 7.27. The number of carbonyl (C=O) groups excluding carboxylic acids is 3. The highest BCUT2D eigenvalue weighted by Gasteiger charge is 2.23. The summed E-state index contributed by atoms with van der Waals surface area (Å²) in [5, 5.41) is 3.61. The summed E-state index contributed by atoms with van der Waals surface area (Å²) in [5.74, 6) is -1.39. The summed E-state index contributed by atoms with van der Waals surface area (Å²) in [7, 11) is 0. The van der Waals surface area contributed by atoms with Gasteiger partial charge >= 0.3 is 11.9 Å². The highest BCUT2D eigenvalue weighted by molar-refractivity contribution is 9.10. The summed E-state index contributed by atoms with van der Waals surface area (Å²) in [6, 6.07) is 26.2. The quantitative estimate of drug-likeness (QED) is 0.145. The Hall–Kier alpha value is -4.40. The van der Waals surface area contributed by atoms with E-state index in [9.17, 15) is 14.4 Å². The van der Waals surface area contributed by atoms with Gasteiger partial charge in [0, 0.05) is 21.2 Å². The van der Waals surface area contributed by atoms with Crippen molar-refractivity contribution in [2.45, 2.75) is 13.8 Å². The molecule has 0 aliphatic carbocycles. The van der Waals surface area contributed by atoms with Crippen molar-refractivity contribution in [3.63, 3.8) is 0 Å². The maximum absolute atomic E-state index is 13.3. The predicted octanol–water partition coefficient (Wildman–Crippen LogP) is 8.00. The Morgan fingerprint density at radius 1 is 0.878 bits per heavy atom. The van der Waals surface area contributed by atoms with Gasteiger partial charge in [0.25, 0.3) is 5.91 Å². The lowest BCUT2D eigenvalue weighted by Gasteiger charge is -2.12. The molecule has 0 atom stereocenters. The molecule has 5 aromatic rings. The van der Waals surface area contributed by atoms with Crippen molar-refractivity contribution in [3.8, 4) is 11.4 Å². The summed E-state index contributed by atoms with van der Waals surface area (Å²) in [6.45, 7) is 3.82. The molecular weight excluding hydrogens is 608 g/mol. The van der Waals surface area contributed by atoms with Crippen molar-refractivity contribution in [1.82, 2.24) is 4.57 Å². The van der Waals surface area contributed by atoms with Crippen LogP contribution in [0.2, 0.25) is 5.02 Å². The molecule has 4 aromatic carbocycles. The molecule has 0 aliphatic rings. The first kappa shape index (κ1) is 28.1. The maximum atomic E-state index is 13.3. The van der Waals surface area contributed by atoms with Crippen LogP contribution < -0.4 is 10.1 Å². The molecule has 0 aliphatic heterocycles. The van der Waals surface area contributed by atoms with Crippen LogP contribution in [-0.2, 0) is 4.74 Å². The molecule has 0 saturated heterocycles. The lowest BCUT2D eigenvalue weighted by molar-refractivity contribution is 0.0527. The lowest BCUT2D eigenvalue weighted by Crippen LogP contribution is -2.17. The molecule has 7 nitrogen and oxygen atoms in total. The second kappa shape index (κ2) is 12.0. The number of nitrogens with one attached hydrogen (secondary N) is 1. The van der Waals surface area contributed by atoms with Gasteiger partial charge < -0.3 is 19.4 Å². The fraction of sp³-hybridized carbons (Fsp3) is 0.0938. The van der Waals surface area contributed by atoms with E-state index in [1.165, 1.54) is 0 Å². The summed E-state index contributed by atoms with van der Waals surface area (Å²) >= 11 is 9.55. The molecule has 0 fully saturated rings. The topological polar surface area (TPSA) is 86.6 Å². The summed E-state index contributed by atoms with van der Waals surface area (Å²) < 4.78 is 13.7. The third-order valence-electron chi connectivity index (χ3n) is 6.45. The molecule has 1 N–H and O–H groups in total. The lowest BCUT2D eigenvalue weighted by atomic mass is 10.1. The van der Waals surface area contributed by atoms with Crippen LogP contribution in [-0.4, -0.2) is 29.0 Å². The minimum Gasteiger partial charge on any atom is -0.462 e. The van der Waals surface area contributed by atoms with Gasteiger partial charge in [-0.25, -0.2) is 9.59 Å². The van der Waals surface area contributed by atoms with Crippen LogP contribution in [0.15, 0.2) is 95.5 Å². The van der Waals surface area contributed by atoms with E-state index in [4.69, 9.17) is 21.1 Å². The first-order valence-electron chi connectivity index (χ1n) is 12.7. The Morgan fingerprint density at radius 3 is 2.37 bits per heavy atom. The van der Waals surface area contributed by atoms with Crippen molar-refractivity contribution in [3.05, 3.63) is 123 Å². The second-order valence-electron chi connectivity index (χ2n) is 9.04. The highest BCUT2D eigenvalue weighted by atomic mass is 79.9. The fourth-order valence-electron chi connectivity index (χ4n) is 4.63. The van der Waals surface area contributed by atoms with Crippen LogP contribution in [0.3, 0.4) is 0 Å². The van der Waals surface area contributed by atoms with Crippen molar-refractivity contribution in [1.29, 1.82) is 0 Å². The molecule has 1 heterocycles. The number of para-hydroxylation sites is 2. The average molecular weight is 632 g/mol. The Bertz CT molecular complexity index is 1800. The summed E-state index contributed by atoms with van der Waals surface area (Å²) in [4.78, 5) is 39.3. The smallest absolute Gasteiger partial charge is 0.345 e. The molecule has 41 heavy (non-hydrogen) atoms. The number of hydrogen-bond donors (Lipinski definition) is 1. The van der Waals surface area contributed by atoms with Crippen LogP contribution in [0.1, 0.15) is 43.7 Å². The first-order chi connectivity index (χ1) is 19.8. The molecule has 0 unspecified atom stereocenters. The predicted molar refractivity (Wildman–Crippen MR) is 162 cm³/mol. The van der Waals surface area contributed by atoms with E-state index in [0.29, 0.717) is 21.1 Å². The van der Waals surface area contributed by atoms with E-state index in [0.717, 1.165) is 11.2 Å². The standard InChI is InChI=1S/C32H24BrClN2O5/c1-3-40-32(39)29-19(2)36(21-9-5-4-6-10-21)28-16-14-22(18-25(28)29)41-31(38)23-11-7-8-12-27(23)35-30(37)24-17-20(33)13-15-26(24)34/h4-18H,3H2,1-2H3,(H,35,37). The number of amides is 1. The van der Waals surface area contributed by atoms with Crippen LogP contribution in [0.5, 0.6) is 5.75 Å². The number of benzene rings is 4. The third kappa shape index (κ3) is 5.75. The molecule has 1 aromatic heterocycles. The van der Waals surface area contributed by atoms with Crippen molar-refractivity contribution in [2.24, 2.45) is 0 Å². The highest BCUT2D eigenvalue weighted by Crippen LogP contribution is 2.33. The van der Waals surface area contributed by atoms with Gasteiger partial charge in [-0.3, -0.25) is 4.79 Å². The number of esters is 2. The molecule has 9 heteroatoms. The first-order valence-corrected chi connectivity index (χ1v) is 13.9. The Balaban J connectivity index is 1.49. The Kier molecular flexibility index (Phi) is 8.23. The van der Waals surface area contributed by atoms with Crippen LogP contribution in [0.4, 0.5) is 5.69 Å². The average Bonchev–Trinajstić information content (AvgIpc) is 3.26. The van der Waals surface area contributed by atoms with Gasteiger partial charge in [0.1, 0.15) is 5.75 Å². The molecule has 1 amide bonds. The zero-order valence-electron chi connectivity index (χ0n) is 22.1. The number of aromatic nitrogens is 1. The number of anilines is 1. The molecule has 0 radical (unpaired) electrons. The zero-order valence-corrected chi connectivity index (χ0v) is 24.5. The minimum absolute atomic E-state index is 0.149. The van der Waals surface area contributed by atoms with E-state index in [-0.39, 0.29) is 34.2 Å². The largest absolute Gasteiger partial charge is 0.462 e. The van der Waals surface area contributed by atoms with E-state index in [1.807, 2.05) is 41.8 Å². The van der Waals surface area contributed by atoms with Crippen molar-refractivity contribution in [2.75, 3.05) is 11.9 Å². The van der Waals surface area contributed by atoms with E-state index in [2.05, 4.69) is 21.2 Å². The fourth-order valence-corrected chi connectivity index (χ4v) is 5.19. The second-order valence-corrected chi connectivity index (χ2v) is 10.4. The number of fused-ring (bicyclic) bond motifs is 1. The number of ether oxygens (including phenoxy) is 2. The summed E-state index contributed by atoms with van der Waals surface area (Å²) in [6.07, 6.45) is 0. The summed E-state index contributed by atoms with van der Waals surface area (Å²) in [5.41, 5.74) is 3.39. The Labute approximate surface area is 249 Å². The number of hydrogen-bond acceptors (Lipinski definition) is 5. The van der Waals surface area contributed by atoms with E-state index in [1.54, 1.807) is 67.6 Å². The number of carbonyl (C=O) groups is 3. The molecule has 0 bridgehead atoms. The van der Waals surface area contributed by atoms with Gasteiger partial charge in [-0.2, -0.15) is 0 Å². The SMILES string of the molecule is CCOC(=O)c1c(C)n(-c2ccccc2)c2ccc(OC(=O)c3ccccc3NC(=O)c3cc(Br)ccc3Cl)cc12. The molecular formula is C32H24BrClN2O5. The normalized spacial score (nSPS) is 10.8. The molecule has 0 spiro atoms. The number of halogens is 2. The van der Waals surface area contributed by atoms with E-state index >= 15 is 0 Å². The van der Waals surface area contributed by atoms with Gasteiger partial charge in [-0.1, -0.05) is 57.9 Å². The van der Waals surface area contributed by atoms with E-state index < -0.39 is 17.8 Å². The van der Waals surface area contributed by atoms with Crippen molar-refractivity contribution >= 4 is 62.0 Å². The van der Waals surface area contributed by atoms with Crippen LogP contribution >= 0.6 is 27.5 Å². The minimum atomic E-state index is -0.683. The number of rotatable bonds is 7. The van der Waals surface area contributed by atoms with Crippen molar-refractivity contribution < 1.29 is 23.9 Å². The monoisotopic (exact) mass is 630 g/mol. The van der Waals surface area contributed by atoms with Crippen LogP contribution in [0, 0.1) is 6.92 Å².